The summed E-state index contributed by atoms with van der Waals surface area (Å²) in [5.41, 5.74) is -0.245. The van der Waals surface area contributed by atoms with E-state index < -0.39 is 5.54 Å². The molecule has 124 valence electrons. The van der Waals surface area contributed by atoms with Crippen LogP contribution in [0.2, 0.25) is 0 Å². The van der Waals surface area contributed by atoms with Crippen LogP contribution in [0.1, 0.15) is 38.2 Å². The number of rotatable bonds is 3. The van der Waals surface area contributed by atoms with Crippen LogP contribution in [0.4, 0.5) is 4.39 Å². The molecule has 0 unspecified atom stereocenters. The Bertz CT molecular complexity index is 651. The molecule has 0 radical (unpaired) electrons. The lowest BCUT2D eigenvalue weighted by Crippen LogP contribution is -2.45. The minimum Gasteiger partial charge on any atom is -0.375 e. The monoisotopic (exact) mass is 383 g/mol. The van der Waals surface area contributed by atoms with E-state index in [-0.39, 0.29) is 23.7 Å². The van der Waals surface area contributed by atoms with Gasteiger partial charge < -0.3 is 4.74 Å². The highest BCUT2D eigenvalue weighted by atomic mass is 79.9. The van der Waals surface area contributed by atoms with Gasteiger partial charge in [-0.1, -0.05) is 15.9 Å². The summed E-state index contributed by atoms with van der Waals surface area (Å²) in [4.78, 5) is 17.8. The predicted octanol–water partition coefficient (Wildman–Crippen LogP) is 3.53. The van der Waals surface area contributed by atoms with Gasteiger partial charge in [-0.3, -0.25) is 9.63 Å². The van der Waals surface area contributed by atoms with Crippen molar-refractivity contribution >= 4 is 21.8 Å². The molecule has 1 amide bonds. The number of halogens is 2. The Morgan fingerprint density at radius 1 is 1.43 bits per heavy atom. The van der Waals surface area contributed by atoms with Gasteiger partial charge in [0.25, 0.3) is 0 Å². The fourth-order valence-electron chi connectivity index (χ4n) is 4.06. The van der Waals surface area contributed by atoms with Crippen molar-refractivity contribution < 1.29 is 18.8 Å². The Labute approximate surface area is 143 Å². The first-order valence-corrected chi connectivity index (χ1v) is 8.84. The van der Waals surface area contributed by atoms with Crippen LogP contribution in [0, 0.1) is 11.7 Å². The maximum absolute atomic E-state index is 14.6. The number of carbonyl (C=O) groups excluding carboxylic acids is 1. The molecule has 2 aliphatic carbocycles. The standard InChI is InChI=1S/C17H19BrFNO3/c1-10(21)20-17(15-7-12(18)2-5-16(15)19)8-14(23-13-3-4-13)6-11(17)9-22-20/h2,5,7,11,13-14H,3-4,6,8-9H2,1H3/t11-,14+,17+/m1/s1. The fourth-order valence-corrected chi connectivity index (χ4v) is 4.43. The van der Waals surface area contributed by atoms with Gasteiger partial charge in [0, 0.05) is 29.3 Å². The summed E-state index contributed by atoms with van der Waals surface area (Å²) in [6.07, 6.45) is 3.98. The molecular weight excluding hydrogens is 365 g/mol. The Morgan fingerprint density at radius 2 is 2.22 bits per heavy atom. The lowest BCUT2D eigenvalue weighted by molar-refractivity contribution is -0.192. The van der Waals surface area contributed by atoms with Gasteiger partial charge in [0.1, 0.15) is 11.4 Å². The summed E-state index contributed by atoms with van der Waals surface area (Å²) in [6, 6.07) is 4.88. The number of hydrogen-bond acceptors (Lipinski definition) is 3. The molecule has 3 aliphatic rings. The molecule has 3 atom stereocenters. The van der Waals surface area contributed by atoms with E-state index in [0.717, 1.165) is 23.7 Å². The van der Waals surface area contributed by atoms with E-state index in [4.69, 9.17) is 9.57 Å². The van der Waals surface area contributed by atoms with E-state index in [1.165, 1.54) is 18.1 Å². The summed E-state index contributed by atoms with van der Waals surface area (Å²) in [7, 11) is 0. The lowest BCUT2D eigenvalue weighted by atomic mass is 9.81. The Morgan fingerprint density at radius 3 is 2.91 bits per heavy atom. The largest absolute Gasteiger partial charge is 0.375 e. The van der Waals surface area contributed by atoms with Gasteiger partial charge in [-0.2, -0.15) is 0 Å². The molecule has 23 heavy (non-hydrogen) atoms. The van der Waals surface area contributed by atoms with E-state index >= 15 is 0 Å². The Hall–Kier alpha value is -0.980. The van der Waals surface area contributed by atoms with Crippen molar-refractivity contribution in [2.45, 2.75) is 50.4 Å². The van der Waals surface area contributed by atoms with Gasteiger partial charge in [-0.05, 0) is 37.5 Å². The fraction of sp³-hybridized carbons (Fsp3) is 0.588. The van der Waals surface area contributed by atoms with Crippen molar-refractivity contribution in [1.82, 2.24) is 5.06 Å². The highest BCUT2D eigenvalue weighted by molar-refractivity contribution is 9.10. The first-order valence-electron chi connectivity index (χ1n) is 8.05. The van der Waals surface area contributed by atoms with Crippen molar-refractivity contribution in [3.8, 4) is 0 Å². The van der Waals surface area contributed by atoms with Gasteiger partial charge in [-0.25, -0.2) is 9.45 Å². The second kappa shape index (κ2) is 5.53. The zero-order chi connectivity index (χ0) is 16.2. The van der Waals surface area contributed by atoms with Crippen molar-refractivity contribution in [1.29, 1.82) is 0 Å². The third kappa shape index (κ3) is 2.51. The molecule has 1 saturated heterocycles. The average Bonchev–Trinajstić information content (AvgIpc) is 3.12. The van der Waals surface area contributed by atoms with Crippen LogP contribution in [0.25, 0.3) is 0 Å². The zero-order valence-electron chi connectivity index (χ0n) is 12.9. The molecule has 1 aliphatic heterocycles. The number of carbonyl (C=O) groups is 1. The van der Waals surface area contributed by atoms with Gasteiger partial charge >= 0.3 is 0 Å². The molecular formula is C17H19BrFNO3. The highest BCUT2D eigenvalue weighted by Gasteiger charge is 2.60. The van der Waals surface area contributed by atoms with E-state index in [2.05, 4.69) is 15.9 Å². The van der Waals surface area contributed by atoms with Crippen LogP contribution in [-0.2, 0) is 19.9 Å². The van der Waals surface area contributed by atoms with Crippen molar-refractivity contribution in [3.63, 3.8) is 0 Å². The summed E-state index contributed by atoms with van der Waals surface area (Å²) in [5.74, 6) is -0.445. The molecule has 4 rings (SSSR count). The van der Waals surface area contributed by atoms with E-state index in [9.17, 15) is 9.18 Å². The summed E-state index contributed by atoms with van der Waals surface area (Å²) in [5, 5.41) is 1.39. The smallest absolute Gasteiger partial charge is 0.243 e. The molecule has 6 heteroatoms. The number of fused-ring (bicyclic) bond motifs is 1. The van der Waals surface area contributed by atoms with Crippen LogP contribution in [0.3, 0.4) is 0 Å². The molecule has 1 aromatic carbocycles. The molecule has 3 fully saturated rings. The molecule has 0 N–H and O–H groups in total. The second-order valence-corrected chi connectivity index (χ2v) is 7.67. The SMILES string of the molecule is CC(=O)N1OC[C@H]2C[C@H](OC3CC3)C[C@@]21c1cc(Br)ccc1F. The van der Waals surface area contributed by atoms with E-state index in [1.54, 1.807) is 12.1 Å². The van der Waals surface area contributed by atoms with Crippen molar-refractivity contribution in [3.05, 3.63) is 34.1 Å². The second-order valence-electron chi connectivity index (χ2n) is 6.75. The van der Waals surface area contributed by atoms with Crippen LogP contribution in [-0.4, -0.2) is 29.8 Å². The quantitative estimate of drug-likeness (QED) is 0.801. The van der Waals surface area contributed by atoms with Gasteiger partial charge in [0.2, 0.25) is 5.91 Å². The van der Waals surface area contributed by atoms with Crippen molar-refractivity contribution in [2.24, 2.45) is 5.92 Å². The predicted molar refractivity (Wildman–Crippen MR) is 84.9 cm³/mol. The van der Waals surface area contributed by atoms with Gasteiger partial charge in [-0.15, -0.1) is 0 Å². The zero-order valence-corrected chi connectivity index (χ0v) is 14.5. The minimum atomic E-state index is -0.765. The van der Waals surface area contributed by atoms with Gasteiger partial charge in [0.05, 0.1) is 18.8 Å². The topological polar surface area (TPSA) is 38.8 Å². The van der Waals surface area contributed by atoms with Gasteiger partial charge in [0.15, 0.2) is 0 Å². The van der Waals surface area contributed by atoms with E-state index in [1.807, 2.05) is 0 Å². The average molecular weight is 384 g/mol. The lowest BCUT2D eigenvalue weighted by Gasteiger charge is -2.36. The number of benzene rings is 1. The summed E-state index contributed by atoms with van der Waals surface area (Å²) >= 11 is 3.42. The van der Waals surface area contributed by atoms with Crippen LogP contribution >= 0.6 is 15.9 Å². The number of ether oxygens (including phenoxy) is 1. The molecule has 2 saturated carbocycles. The Balaban J connectivity index is 1.77. The maximum atomic E-state index is 14.6. The van der Waals surface area contributed by atoms with Crippen LogP contribution in [0.15, 0.2) is 22.7 Å². The molecule has 0 spiro atoms. The maximum Gasteiger partial charge on any atom is 0.243 e. The minimum absolute atomic E-state index is 0.0524. The normalized spacial score (nSPS) is 33.1. The summed E-state index contributed by atoms with van der Waals surface area (Å²) in [6.45, 7) is 1.89. The third-order valence-electron chi connectivity index (χ3n) is 5.12. The number of hydroxylamine groups is 2. The van der Waals surface area contributed by atoms with Crippen LogP contribution < -0.4 is 0 Å². The molecule has 1 aromatic rings. The molecule has 0 aromatic heterocycles. The first kappa shape index (κ1) is 15.5. The van der Waals surface area contributed by atoms with E-state index in [0.29, 0.717) is 24.7 Å². The van der Waals surface area contributed by atoms with Crippen LogP contribution in [0.5, 0.6) is 0 Å². The summed E-state index contributed by atoms with van der Waals surface area (Å²) < 4.78 is 21.5. The molecule has 1 heterocycles. The molecule has 0 bridgehead atoms. The van der Waals surface area contributed by atoms with Crippen molar-refractivity contribution in [2.75, 3.05) is 6.61 Å². The Kier molecular flexibility index (Phi) is 3.74. The molecule has 4 nitrogen and oxygen atoms in total. The highest BCUT2D eigenvalue weighted by Crippen LogP contribution is 2.54. The number of amides is 1. The first-order chi connectivity index (χ1) is 11.0. The third-order valence-corrected chi connectivity index (χ3v) is 5.61. The number of nitrogens with zero attached hydrogens (tertiary/aromatic N) is 1. The number of hydrogen-bond donors (Lipinski definition) is 0.